The lowest BCUT2D eigenvalue weighted by molar-refractivity contribution is -0.144. The van der Waals surface area contributed by atoms with Crippen LogP contribution in [0.2, 0.25) is 10.0 Å². The number of amides is 2. The number of imidazole rings is 1. The average molecular weight is 469 g/mol. The van der Waals surface area contributed by atoms with Crippen LogP contribution in [-0.4, -0.2) is 59.6 Å². The van der Waals surface area contributed by atoms with Crippen LogP contribution in [0.5, 0.6) is 0 Å². The summed E-state index contributed by atoms with van der Waals surface area (Å²) in [6, 6.07) is 3.03. The Morgan fingerprint density at radius 1 is 1.29 bits per heavy atom. The number of esters is 2. The number of carbonyl (C=O) groups is 3. The summed E-state index contributed by atoms with van der Waals surface area (Å²) in [7, 11) is 2.47. The Hall–Kier alpha value is -2.78. The highest BCUT2D eigenvalue weighted by atomic mass is 35.5. The van der Waals surface area contributed by atoms with E-state index < -0.39 is 30.1 Å². The van der Waals surface area contributed by atoms with Gasteiger partial charge in [-0.1, -0.05) is 35.3 Å². The van der Waals surface area contributed by atoms with Crippen LogP contribution in [0, 0.1) is 0 Å². The van der Waals surface area contributed by atoms with Gasteiger partial charge in [0.1, 0.15) is 12.1 Å². The molecule has 1 aliphatic heterocycles. The molecule has 166 valence electrons. The third-order valence-electron chi connectivity index (χ3n) is 5.11. The quantitative estimate of drug-likeness (QED) is 0.629. The number of H-pyrrole nitrogens is 1. The van der Waals surface area contributed by atoms with Crippen LogP contribution in [-0.2, 0) is 25.5 Å². The number of aromatic nitrogens is 2. The Balaban J connectivity index is 1.89. The van der Waals surface area contributed by atoms with Gasteiger partial charge < -0.3 is 24.7 Å². The molecule has 0 spiro atoms. The molecule has 1 unspecified atom stereocenters. The predicted molar refractivity (Wildman–Crippen MR) is 113 cm³/mol. The summed E-state index contributed by atoms with van der Waals surface area (Å²) in [5, 5.41) is 3.34. The van der Waals surface area contributed by atoms with Crippen molar-refractivity contribution in [1.29, 1.82) is 0 Å². The van der Waals surface area contributed by atoms with Gasteiger partial charge in [0.05, 0.1) is 36.3 Å². The van der Waals surface area contributed by atoms with Crippen molar-refractivity contribution in [3.63, 3.8) is 0 Å². The summed E-state index contributed by atoms with van der Waals surface area (Å²) in [4.78, 5) is 45.9. The first-order valence-electron chi connectivity index (χ1n) is 9.55. The van der Waals surface area contributed by atoms with Crippen molar-refractivity contribution in [2.24, 2.45) is 0 Å². The maximum absolute atomic E-state index is 13.2. The van der Waals surface area contributed by atoms with Crippen LogP contribution in [0.4, 0.5) is 4.79 Å². The predicted octanol–water partition coefficient (Wildman–Crippen LogP) is 2.87. The van der Waals surface area contributed by atoms with Crippen LogP contribution in [0.15, 0.2) is 24.5 Å². The van der Waals surface area contributed by atoms with E-state index in [1.807, 2.05) is 0 Å². The van der Waals surface area contributed by atoms with Gasteiger partial charge in [0.2, 0.25) is 0 Å². The van der Waals surface area contributed by atoms with Gasteiger partial charge in [-0.2, -0.15) is 0 Å². The molecule has 2 aromatic rings. The van der Waals surface area contributed by atoms with Gasteiger partial charge in [-0.3, -0.25) is 4.79 Å². The van der Waals surface area contributed by atoms with Crippen LogP contribution in [0.25, 0.3) is 0 Å². The largest absolute Gasteiger partial charge is 0.469 e. The molecule has 2 amide bonds. The smallest absolute Gasteiger partial charge is 0.328 e. The molecule has 9 nitrogen and oxygen atoms in total. The molecular weight excluding hydrogens is 447 g/mol. The van der Waals surface area contributed by atoms with E-state index in [4.69, 9.17) is 27.9 Å². The highest BCUT2D eigenvalue weighted by Gasteiger charge is 2.37. The standard InChI is InChI=1S/C20H22Cl2N4O5/c1-30-15(27)7-6-14(19(28)31-2)25-20(29)26-9-8-13-17(24-10-23-13)18(26)11-4-3-5-12(21)16(11)22/h3-5,10,14,18H,6-9H2,1-2H3,(H,23,24)(H,25,29)/t14-,18?/m0/s1. The van der Waals surface area contributed by atoms with Crippen LogP contribution >= 0.6 is 23.2 Å². The van der Waals surface area contributed by atoms with E-state index in [2.05, 4.69) is 20.0 Å². The fraction of sp³-hybridized carbons (Fsp3) is 0.400. The van der Waals surface area contributed by atoms with E-state index in [0.29, 0.717) is 34.3 Å². The first kappa shape index (κ1) is 22.9. The fourth-order valence-corrected chi connectivity index (χ4v) is 3.94. The van der Waals surface area contributed by atoms with Gasteiger partial charge in [-0.05, 0) is 12.5 Å². The summed E-state index contributed by atoms with van der Waals surface area (Å²) < 4.78 is 9.39. The number of ether oxygens (including phenoxy) is 2. The minimum absolute atomic E-state index is 0.0369. The van der Waals surface area contributed by atoms with Crippen molar-refractivity contribution < 1.29 is 23.9 Å². The number of hydrogen-bond donors (Lipinski definition) is 2. The van der Waals surface area contributed by atoms with Crippen molar-refractivity contribution in [3.05, 3.63) is 51.5 Å². The van der Waals surface area contributed by atoms with E-state index in [-0.39, 0.29) is 12.8 Å². The van der Waals surface area contributed by atoms with Crippen LogP contribution < -0.4 is 5.32 Å². The number of urea groups is 1. The van der Waals surface area contributed by atoms with Crippen LogP contribution in [0.1, 0.15) is 35.8 Å². The molecule has 0 aliphatic carbocycles. The maximum Gasteiger partial charge on any atom is 0.328 e. The fourth-order valence-electron chi connectivity index (χ4n) is 3.53. The SMILES string of the molecule is COC(=O)CC[C@H](NC(=O)N1CCc2[nH]cnc2C1c1cccc(Cl)c1Cl)C(=O)OC. The van der Waals surface area contributed by atoms with Gasteiger partial charge in [0.15, 0.2) is 0 Å². The number of hydrogen-bond acceptors (Lipinski definition) is 6. The van der Waals surface area contributed by atoms with Gasteiger partial charge in [0, 0.05) is 30.6 Å². The molecule has 31 heavy (non-hydrogen) atoms. The zero-order valence-corrected chi connectivity index (χ0v) is 18.5. The molecule has 0 saturated heterocycles. The number of nitrogens with one attached hydrogen (secondary N) is 2. The second-order valence-corrected chi connectivity index (χ2v) is 7.68. The number of methoxy groups -OCH3 is 2. The van der Waals surface area contributed by atoms with Crippen molar-refractivity contribution in [3.8, 4) is 0 Å². The van der Waals surface area contributed by atoms with E-state index >= 15 is 0 Å². The van der Waals surface area contributed by atoms with E-state index in [1.54, 1.807) is 24.5 Å². The third-order valence-corrected chi connectivity index (χ3v) is 5.94. The Morgan fingerprint density at radius 3 is 2.77 bits per heavy atom. The number of fused-ring (bicyclic) bond motifs is 1. The van der Waals surface area contributed by atoms with Gasteiger partial charge >= 0.3 is 18.0 Å². The molecule has 1 aromatic heterocycles. The Bertz CT molecular complexity index is 980. The lowest BCUT2D eigenvalue weighted by atomic mass is 9.96. The molecule has 3 rings (SSSR count). The molecule has 11 heteroatoms. The summed E-state index contributed by atoms with van der Waals surface area (Å²) in [5.74, 6) is -1.15. The van der Waals surface area contributed by atoms with E-state index in [1.165, 1.54) is 19.1 Å². The molecule has 0 radical (unpaired) electrons. The van der Waals surface area contributed by atoms with Crippen LogP contribution in [0.3, 0.4) is 0 Å². The number of aromatic amines is 1. The number of halogens is 2. The highest BCUT2D eigenvalue weighted by molar-refractivity contribution is 6.42. The van der Waals surface area contributed by atoms with Crippen molar-refractivity contribution >= 4 is 41.2 Å². The molecule has 2 heterocycles. The molecule has 0 saturated carbocycles. The molecule has 1 aliphatic rings. The average Bonchev–Trinajstić information content (AvgIpc) is 3.26. The van der Waals surface area contributed by atoms with Gasteiger partial charge in [0.25, 0.3) is 0 Å². The number of carbonyl (C=O) groups excluding carboxylic acids is 3. The topological polar surface area (TPSA) is 114 Å². The summed E-state index contributed by atoms with van der Waals surface area (Å²) in [5.41, 5.74) is 2.15. The number of benzene rings is 1. The molecule has 2 atom stereocenters. The molecule has 0 fully saturated rings. The Labute approximate surface area is 189 Å². The second-order valence-electron chi connectivity index (χ2n) is 6.90. The van der Waals surface area contributed by atoms with E-state index in [0.717, 1.165) is 5.69 Å². The number of nitrogens with zero attached hydrogens (tertiary/aromatic N) is 2. The molecule has 1 aromatic carbocycles. The molecule has 0 bridgehead atoms. The molecular formula is C20H22Cl2N4O5. The minimum atomic E-state index is -1.02. The van der Waals surface area contributed by atoms with Gasteiger partial charge in [-0.25, -0.2) is 14.6 Å². The van der Waals surface area contributed by atoms with Crippen molar-refractivity contribution in [2.45, 2.75) is 31.3 Å². The minimum Gasteiger partial charge on any atom is -0.469 e. The van der Waals surface area contributed by atoms with Crippen molar-refractivity contribution in [2.75, 3.05) is 20.8 Å². The highest BCUT2D eigenvalue weighted by Crippen LogP contribution is 2.39. The summed E-state index contributed by atoms with van der Waals surface area (Å²) in [6.45, 7) is 0.347. The third kappa shape index (κ3) is 4.94. The first-order chi connectivity index (χ1) is 14.9. The monoisotopic (exact) mass is 468 g/mol. The normalized spacial score (nSPS) is 16.3. The maximum atomic E-state index is 13.2. The second kappa shape index (κ2) is 10.0. The summed E-state index contributed by atoms with van der Waals surface area (Å²) in [6.07, 6.45) is 2.09. The Morgan fingerprint density at radius 2 is 2.06 bits per heavy atom. The number of rotatable bonds is 6. The zero-order valence-electron chi connectivity index (χ0n) is 17.0. The summed E-state index contributed by atoms with van der Waals surface area (Å²) >= 11 is 12.7. The first-order valence-corrected chi connectivity index (χ1v) is 10.3. The lowest BCUT2D eigenvalue weighted by Crippen LogP contribution is -2.51. The van der Waals surface area contributed by atoms with Crippen molar-refractivity contribution in [1.82, 2.24) is 20.2 Å². The lowest BCUT2D eigenvalue weighted by Gasteiger charge is -2.36. The zero-order chi connectivity index (χ0) is 22.5. The Kier molecular flexibility index (Phi) is 7.40. The molecule has 2 N–H and O–H groups in total. The van der Waals surface area contributed by atoms with Gasteiger partial charge in [-0.15, -0.1) is 0 Å². The van der Waals surface area contributed by atoms with E-state index in [9.17, 15) is 14.4 Å².